The topological polar surface area (TPSA) is 86.3 Å². The third kappa shape index (κ3) is 3.61. The summed E-state index contributed by atoms with van der Waals surface area (Å²) in [5, 5.41) is 7.02. The Morgan fingerprint density at radius 3 is 2.80 bits per heavy atom. The summed E-state index contributed by atoms with van der Waals surface area (Å²) < 4.78 is 15.7. The molecule has 0 spiro atoms. The van der Waals surface area contributed by atoms with Crippen LogP contribution in [0, 0.1) is 5.82 Å². The van der Waals surface area contributed by atoms with Crippen molar-refractivity contribution in [2.24, 2.45) is 7.05 Å². The van der Waals surface area contributed by atoms with Crippen LogP contribution in [0.3, 0.4) is 0 Å². The first-order valence-corrected chi connectivity index (χ1v) is 10.1. The summed E-state index contributed by atoms with van der Waals surface area (Å²) in [6, 6.07) is 9.52. The molecule has 9 heteroatoms. The normalized spacial score (nSPS) is 11.3. The van der Waals surface area contributed by atoms with E-state index in [1.807, 2.05) is 7.05 Å². The number of anilines is 1. The molecule has 0 unspecified atom stereocenters. The van der Waals surface area contributed by atoms with Crippen LogP contribution >= 0.6 is 15.9 Å². The van der Waals surface area contributed by atoms with Gasteiger partial charge in [-0.2, -0.15) is 5.10 Å². The molecule has 7 nitrogen and oxygen atoms in total. The SMILES string of the molecule is CCON(Cc1ccc(F)cc1Br)C(=O)c1ccc2nc(N)c3cnn(C)c3c2c1. The maximum absolute atomic E-state index is 13.4. The molecule has 0 aliphatic carbocycles. The van der Waals surface area contributed by atoms with Gasteiger partial charge in [0, 0.05) is 22.5 Å². The second kappa shape index (κ2) is 8.00. The molecule has 30 heavy (non-hydrogen) atoms. The summed E-state index contributed by atoms with van der Waals surface area (Å²) >= 11 is 3.34. The highest BCUT2D eigenvalue weighted by molar-refractivity contribution is 9.10. The molecule has 2 N–H and O–H groups in total. The highest BCUT2D eigenvalue weighted by Crippen LogP contribution is 2.29. The van der Waals surface area contributed by atoms with E-state index in [0.717, 1.165) is 21.9 Å². The molecule has 0 saturated carbocycles. The summed E-state index contributed by atoms with van der Waals surface area (Å²) in [5.74, 6) is -0.287. The van der Waals surface area contributed by atoms with Crippen molar-refractivity contribution in [1.82, 2.24) is 19.8 Å². The number of nitrogens with zero attached hydrogens (tertiary/aromatic N) is 4. The zero-order valence-corrected chi connectivity index (χ0v) is 18.0. The number of fused-ring (bicyclic) bond motifs is 3. The monoisotopic (exact) mass is 471 g/mol. The van der Waals surface area contributed by atoms with Gasteiger partial charge in [-0.05, 0) is 42.8 Å². The van der Waals surface area contributed by atoms with Crippen LogP contribution < -0.4 is 5.73 Å². The largest absolute Gasteiger partial charge is 0.383 e. The second-order valence-corrected chi connectivity index (χ2v) is 7.61. The number of nitrogen functional groups attached to an aromatic ring is 1. The molecule has 4 aromatic rings. The average Bonchev–Trinajstić information content (AvgIpc) is 3.11. The molecule has 2 aromatic carbocycles. The zero-order valence-electron chi connectivity index (χ0n) is 16.4. The van der Waals surface area contributed by atoms with Crippen molar-refractivity contribution < 1.29 is 14.0 Å². The van der Waals surface area contributed by atoms with Crippen molar-refractivity contribution in [2.75, 3.05) is 12.3 Å². The van der Waals surface area contributed by atoms with Crippen molar-refractivity contribution in [3.05, 3.63) is 64.0 Å². The lowest BCUT2D eigenvalue weighted by molar-refractivity contribution is -0.125. The molecule has 2 aromatic heterocycles. The molecule has 0 fully saturated rings. The summed E-state index contributed by atoms with van der Waals surface area (Å²) in [7, 11) is 1.81. The number of hydrogen-bond acceptors (Lipinski definition) is 5. The zero-order chi connectivity index (χ0) is 21.4. The van der Waals surface area contributed by atoms with Crippen LogP contribution in [0.5, 0.6) is 0 Å². The molecule has 154 valence electrons. The molecule has 0 radical (unpaired) electrons. The average molecular weight is 472 g/mol. The van der Waals surface area contributed by atoms with Gasteiger partial charge in [-0.3, -0.25) is 14.3 Å². The molecule has 2 heterocycles. The van der Waals surface area contributed by atoms with Crippen LogP contribution in [0.4, 0.5) is 10.2 Å². The number of aryl methyl sites for hydroxylation is 1. The first-order valence-electron chi connectivity index (χ1n) is 9.28. The number of carbonyl (C=O) groups excluding carboxylic acids is 1. The van der Waals surface area contributed by atoms with Gasteiger partial charge in [-0.15, -0.1) is 0 Å². The smallest absolute Gasteiger partial charge is 0.277 e. The number of halogens is 2. The van der Waals surface area contributed by atoms with Crippen molar-refractivity contribution in [3.8, 4) is 0 Å². The molecular weight excluding hydrogens is 453 g/mol. The summed E-state index contributed by atoms with van der Waals surface area (Å²) in [5.41, 5.74) is 8.67. The number of carbonyl (C=O) groups is 1. The predicted octanol–water partition coefficient (Wildman–Crippen LogP) is 4.20. The van der Waals surface area contributed by atoms with Gasteiger partial charge in [0.05, 0.1) is 35.8 Å². The van der Waals surface area contributed by atoms with Gasteiger partial charge in [0.15, 0.2) is 0 Å². The standard InChI is InChI=1S/C21H19BrFN5O2/c1-3-30-28(11-13-4-6-14(23)9-17(13)22)21(29)12-5-7-18-15(8-12)19-16(20(24)26-18)10-25-27(19)2/h4-10H,3,11H2,1-2H3,(H2,24,26). The second-order valence-electron chi connectivity index (χ2n) is 6.75. The van der Waals surface area contributed by atoms with E-state index in [1.165, 1.54) is 17.2 Å². The lowest BCUT2D eigenvalue weighted by Crippen LogP contribution is -2.31. The number of benzene rings is 2. The Hall–Kier alpha value is -3.04. The summed E-state index contributed by atoms with van der Waals surface area (Å²) in [6.45, 7) is 2.27. The molecule has 4 rings (SSSR count). The Balaban J connectivity index is 1.75. The van der Waals surface area contributed by atoms with E-state index in [-0.39, 0.29) is 18.3 Å². The third-order valence-electron chi connectivity index (χ3n) is 4.79. The fraction of sp³-hybridized carbons (Fsp3) is 0.190. The van der Waals surface area contributed by atoms with Gasteiger partial charge in [0.25, 0.3) is 5.91 Å². The number of amides is 1. The third-order valence-corrected chi connectivity index (χ3v) is 5.53. The van der Waals surface area contributed by atoms with Crippen molar-refractivity contribution in [3.63, 3.8) is 0 Å². The minimum Gasteiger partial charge on any atom is -0.383 e. The van der Waals surface area contributed by atoms with E-state index >= 15 is 0 Å². The van der Waals surface area contributed by atoms with Crippen LogP contribution in [-0.2, 0) is 18.4 Å². The van der Waals surface area contributed by atoms with E-state index in [4.69, 9.17) is 10.6 Å². The number of rotatable bonds is 5. The van der Waals surface area contributed by atoms with Crippen LogP contribution in [-0.4, -0.2) is 32.3 Å². The number of aromatic nitrogens is 3. The van der Waals surface area contributed by atoms with Crippen LogP contribution in [0.25, 0.3) is 21.8 Å². The minimum absolute atomic E-state index is 0.159. The van der Waals surface area contributed by atoms with E-state index < -0.39 is 0 Å². The first-order chi connectivity index (χ1) is 14.4. The lowest BCUT2D eigenvalue weighted by atomic mass is 10.1. The number of hydrogen-bond donors (Lipinski definition) is 1. The van der Waals surface area contributed by atoms with E-state index in [1.54, 1.807) is 42.1 Å². The first kappa shape index (κ1) is 20.2. The van der Waals surface area contributed by atoms with Crippen LogP contribution in [0.2, 0.25) is 0 Å². The Kier molecular flexibility index (Phi) is 5.40. The maximum Gasteiger partial charge on any atom is 0.277 e. The molecule has 0 atom stereocenters. The Labute approximate surface area is 180 Å². The fourth-order valence-electron chi connectivity index (χ4n) is 3.37. The predicted molar refractivity (Wildman–Crippen MR) is 116 cm³/mol. The molecule has 0 bridgehead atoms. The number of nitrogens with two attached hydrogens (primary N) is 1. The van der Waals surface area contributed by atoms with Crippen molar-refractivity contribution >= 4 is 49.5 Å². The quantitative estimate of drug-likeness (QED) is 0.440. The number of pyridine rings is 1. The molecule has 0 aliphatic heterocycles. The highest BCUT2D eigenvalue weighted by Gasteiger charge is 2.20. The van der Waals surface area contributed by atoms with E-state index in [9.17, 15) is 9.18 Å². The Bertz CT molecular complexity index is 1270. The van der Waals surface area contributed by atoms with Gasteiger partial charge in [0.2, 0.25) is 0 Å². The van der Waals surface area contributed by atoms with Gasteiger partial charge in [-0.25, -0.2) is 14.4 Å². The number of hydroxylamine groups is 2. The lowest BCUT2D eigenvalue weighted by Gasteiger charge is -2.22. The Morgan fingerprint density at radius 2 is 2.07 bits per heavy atom. The highest BCUT2D eigenvalue weighted by atomic mass is 79.9. The van der Waals surface area contributed by atoms with Crippen molar-refractivity contribution in [2.45, 2.75) is 13.5 Å². The molecular formula is C21H19BrFN5O2. The minimum atomic E-state index is -0.360. The van der Waals surface area contributed by atoms with Gasteiger partial charge < -0.3 is 5.73 Å². The molecule has 1 amide bonds. The summed E-state index contributed by atoms with van der Waals surface area (Å²) in [6.07, 6.45) is 1.66. The summed E-state index contributed by atoms with van der Waals surface area (Å²) in [4.78, 5) is 23.2. The van der Waals surface area contributed by atoms with Crippen LogP contribution in [0.1, 0.15) is 22.8 Å². The Morgan fingerprint density at radius 1 is 1.27 bits per heavy atom. The van der Waals surface area contributed by atoms with Crippen LogP contribution in [0.15, 0.2) is 47.1 Å². The van der Waals surface area contributed by atoms with E-state index in [0.29, 0.717) is 28.0 Å². The van der Waals surface area contributed by atoms with Gasteiger partial charge >= 0.3 is 0 Å². The van der Waals surface area contributed by atoms with Gasteiger partial charge in [0.1, 0.15) is 11.6 Å². The fourth-order valence-corrected chi connectivity index (χ4v) is 3.85. The maximum atomic E-state index is 13.4. The molecule has 0 aliphatic rings. The molecule has 0 saturated heterocycles. The van der Waals surface area contributed by atoms with Crippen molar-refractivity contribution in [1.29, 1.82) is 0 Å². The van der Waals surface area contributed by atoms with Gasteiger partial charge in [-0.1, -0.05) is 22.0 Å². The van der Waals surface area contributed by atoms with E-state index in [2.05, 4.69) is 26.0 Å².